The predicted molar refractivity (Wildman–Crippen MR) is 81.7 cm³/mol. The fourth-order valence-electron chi connectivity index (χ4n) is 2.05. The van der Waals surface area contributed by atoms with Gasteiger partial charge in [-0.05, 0) is 18.6 Å². The second-order valence-electron chi connectivity index (χ2n) is 4.93. The minimum absolute atomic E-state index is 0.316. The SMILES string of the molecule is CCCCCNC(=O)c1cc(C(=O)O)c(C(=O)N=N)cc1C(=O)O. The van der Waals surface area contributed by atoms with Crippen LogP contribution in [0.3, 0.4) is 0 Å². The second-order valence-corrected chi connectivity index (χ2v) is 4.93. The number of carbonyl (C=O) groups is 4. The van der Waals surface area contributed by atoms with Gasteiger partial charge >= 0.3 is 11.9 Å². The third-order valence-electron chi connectivity index (χ3n) is 3.26. The highest BCUT2D eigenvalue weighted by atomic mass is 16.4. The van der Waals surface area contributed by atoms with Crippen molar-refractivity contribution in [3.8, 4) is 0 Å². The average molecular weight is 335 g/mol. The van der Waals surface area contributed by atoms with Gasteiger partial charge < -0.3 is 15.5 Å². The molecular weight excluding hydrogens is 318 g/mol. The van der Waals surface area contributed by atoms with Crippen molar-refractivity contribution in [2.75, 3.05) is 6.54 Å². The number of rotatable bonds is 8. The van der Waals surface area contributed by atoms with Crippen molar-refractivity contribution >= 4 is 23.8 Å². The fourth-order valence-corrected chi connectivity index (χ4v) is 2.05. The topological polar surface area (TPSA) is 157 Å². The number of unbranched alkanes of at least 4 members (excludes halogenated alkanes) is 2. The van der Waals surface area contributed by atoms with E-state index in [-0.39, 0.29) is 5.56 Å². The van der Waals surface area contributed by atoms with E-state index in [1.54, 1.807) is 0 Å². The molecule has 0 radical (unpaired) electrons. The van der Waals surface area contributed by atoms with Gasteiger partial charge in [0.1, 0.15) is 0 Å². The third-order valence-corrected chi connectivity index (χ3v) is 3.26. The normalized spacial score (nSPS) is 10.0. The molecule has 0 aromatic heterocycles. The minimum Gasteiger partial charge on any atom is -0.478 e. The summed E-state index contributed by atoms with van der Waals surface area (Å²) >= 11 is 0. The van der Waals surface area contributed by atoms with Gasteiger partial charge in [-0.3, -0.25) is 9.59 Å². The number of hydrogen-bond donors (Lipinski definition) is 4. The zero-order chi connectivity index (χ0) is 18.3. The molecule has 0 atom stereocenters. The van der Waals surface area contributed by atoms with Crippen LogP contribution in [-0.4, -0.2) is 40.5 Å². The highest BCUT2D eigenvalue weighted by Gasteiger charge is 2.25. The van der Waals surface area contributed by atoms with E-state index in [9.17, 15) is 24.3 Å². The van der Waals surface area contributed by atoms with Gasteiger partial charge in [-0.15, -0.1) is 5.11 Å². The molecule has 0 unspecified atom stereocenters. The van der Waals surface area contributed by atoms with Gasteiger partial charge in [0.05, 0.1) is 22.3 Å². The Kier molecular flexibility index (Phi) is 6.72. The first-order valence-corrected chi connectivity index (χ1v) is 7.18. The molecule has 0 fully saturated rings. The van der Waals surface area contributed by atoms with Gasteiger partial charge in [0.15, 0.2) is 0 Å². The lowest BCUT2D eigenvalue weighted by Gasteiger charge is -2.11. The van der Waals surface area contributed by atoms with Crippen LogP contribution in [0.25, 0.3) is 0 Å². The molecule has 0 saturated carbocycles. The number of nitrogens with one attached hydrogen (secondary N) is 2. The van der Waals surface area contributed by atoms with E-state index in [0.29, 0.717) is 13.0 Å². The molecule has 1 aromatic carbocycles. The van der Waals surface area contributed by atoms with Crippen molar-refractivity contribution < 1.29 is 29.4 Å². The lowest BCUT2D eigenvalue weighted by atomic mass is 9.97. The van der Waals surface area contributed by atoms with Crippen molar-refractivity contribution in [3.05, 3.63) is 34.4 Å². The minimum atomic E-state index is -1.53. The largest absolute Gasteiger partial charge is 0.478 e. The van der Waals surface area contributed by atoms with Crippen LogP contribution in [0.4, 0.5) is 0 Å². The Labute approximate surface area is 137 Å². The number of benzene rings is 1. The molecule has 1 rings (SSSR count). The molecule has 0 saturated heterocycles. The number of carboxylic acids is 2. The summed E-state index contributed by atoms with van der Waals surface area (Å²) in [5, 5.41) is 23.5. The summed E-state index contributed by atoms with van der Waals surface area (Å²) in [6, 6.07) is 1.58. The average Bonchev–Trinajstić information content (AvgIpc) is 2.56. The molecule has 4 N–H and O–H groups in total. The number of carboxylic acid groups (broad SMARTS) is 2. The number of carbonyl (C=O) groups excluding carboxylic acids is 2. The van der Waals surface area contributed by atoms with Crippen LogP contribution in [0, 0.1) is 5.53 Å². The van der Waals surface area contributed by atoms with Crippen LogP contribution < -0.4 is 5.32 Å². The first kappa shape index (κ1) is 18.9. The van der Waals surface area contributed by atoms with Gasteiger partial charge in [-0.2, -0.15) is 0 Å². The molecule has 128 valence electrons. The molecule has 9 nitrogen and oxygen atoms in total. The highest BCUT2D eigenvalue weighted by molar-refractivity contribution is 6.11. The molecule has 0 bridgehead atoms. The third kappa shape index (κ3) is 4.45. The Hall–Kier alpha value is -3.10. The van der Waals surface area contributed by atoms with E-state index in [4.69, 9.17) is 10.6 Å². The van der Waals surface area contributed by atoms with Gasteiger partial charge in [0.2, 0.25) is 0 Å². The maximum absolute atomic E-state index is 12.1. The monoisotopic (exact) mass is 335 g/mol. The number of aromatic carboxylic acids is 2. The maximum Gasteiger partial charge on any atom is 0.336 e. The second kappa shape index (κ2) is 8.51. The van der Waals surface area contributed by atoms with E-state index in [1.807, 2.05) is 6.92 Å². The maximum atomic E-state index is 12.1. The summed E-state index contributed by atoms with van der Waals surface area (Å²) in [6.07, 6.45) is 2.52. The van der Waals surface area contributed by atoms with Crippen molar-refractivity contribution in [2.45, 2.75) is 26.2 Å². The van der Waals surface area contributed by atoms with Crippen molar-refractivity contribution in [1.82, 2.24) is 5.32 Å². The summed E-state index contributed by atoms with van der Waals surface area (Å²) in [5.41, 5.74) is 4.65. The molecule has 0 heterocycles. The Morgan fingerprint density at radius 3 is 2.04 bits per heavy atom. The van der Waals surface area contributed by atoms with Gasteiger partial charge in [0.25, 0.3) is 11.8 Å². The van der Waals surface area contributed by atoms with Gasteiger partial charge in [-0.1, -0.05) is 19.8 Å². The van der Waals surface area contributed by atoms with E-state index < -0.39 is 40.4 Å². The smallest absolute Gasteiger partial charge is 0.336 e. The molecular formula is C15H17N3O6. The molecule has 0 spiro atoms. The molecule has 0 aliphatic rings. The number of nitrogens with zero attached hydrogens (tertiary/aromatic N) is 1. The first-order valence-electron chi connectivity index (χ1n) is 7.18. The summed E-state index contributed by atoms with van der Waals surface area (Å²) in [4.78, 5) is 46.3. The summed E-state index contributed by atoms with van der Waals surface area (Å²) < 4.78 is 0. The molecule has 0 aliphatic carbocycles. The Morgan fingerprint density at radius 1 is 1.00 bits per heavy atom. The summed E-state index contributed by atoms with van der Waals surface area (Å²) in [6.45, 7) is 2.30. The molecule has 9 heteroatoms. The predicted octanol–water partition coefficient (Wildman–Crippen LogP) is 2.17. The lowest BCUT2D eigenvalue weighted by Crippen LogP contribution is -2.27. The zero-order valence-electron chi connectivity index (χ0n) is 13.0. The molecule has 0 aliphatic heterocycles. The quantitative estimate of drug-likeness (QED) is 0.421. The number of amides is 2. The van der Waals surface area contributed by atoms with Crippen molar-refractivity contribution in [3.63, 3.8) is 0 Å². The lowest BCUT2D eigenvalue weighted by molar-refractivity contribution is 0.0676. The first-order chi connectivity index (χ1) is 11.3. The van der Waals surface area contributed by atoms with E-state index in [0.717, 1.165) is 25.0 Å². The molecule has 1 aromatic rings. The molecule has 2 amide bonds. The highest BCUT2D eigenvalue weighted by Crippen LogP contribution is 2.19. The van der Waals surface area contributed by atoms with Gasteiger partial charge in [-0.25, -0.2) is 15.1 Å². The summed E-state index contributed by atoms with van der Waals surface area (Å²) in [5.74, 6) is -4.97. The summed E-state index contributed by atoms with van der Waals surface area (Å²) in [7, 11) is 0. The zero-order valence-corrected chi connectivity index (χ0v) is 13.0. The Morgan fingerprint density at radius 2 is 1.54 bits per heavy atom. The van der Waals surface area contributed by atoms with E-state index in [2.05, 4.69) is 10.4 Å². The van der Waals surface area contributed by atoms with Crippen LogP contribution >= 0.6 is 0 Å². The van der Waals surface area contributed by atoms with Crippen LogP contribution in [0.5, 0.6) is 0 Å². The van der Waals surface area contributed by atoms with Crippen LogP contribution in [-0.2, 0) is 0 Å². The fraction of sp³-hybridized carbons (Fsp3) is 0.333. The van der Waals surface area contributed by atoms with E-state index in [1.165, 1.54) is 0 Å². The van der Waals surface area contributed by atoms with Crippen LogP contribution in [0.15, 0.2) is 17.2 Å². The number of hydrogen-bond acceptors (Lipinski definition) is 5. The molecule has 24 heavy (non-hydrogen) atoms. The van der Waals surface area contributed by atoms with E-state index >= 15 is 0 Å². The Bertz CT molecular complexity index is 699. The van der Waals surface area contributed by atoms with Crippen LogP contribution in [0.1, 0.15) is 67.6 Å². The standard InChI is InChI=1S/C15H17N3O6/c1-2-3-4-5-17-12(19)8-6-11(15(23)24)9(13(20)18-16)7-10(8)14(21)22/h6-7,16H,2-5H2,1H3,(H,17,19)(H,21,22)(H,23,24). The van der Waals surface area contributed by atoms with Crippen molar-refractivity contribution in [2.24, 2.45) is 5.11 Å². The van der Waals surface area contributed by atoms with Gasteiger partial charge in [0, 0.05) is 6.54 Å². The Balaban J connectivity index is 3.32. The van der Waals surface area contributed by atoms with Crippen LogP contribution in [0.2, 0.25) is 0 Å². The van der Waals surface area contributed by atoms with Crippen molar-refractivity contribution in [1.29, 1.82) is 5.53 Å².